The number of nitrogens with zero attached hydrogens (tertiary/aromatic N) is 1. The SMILES string of the molecule is Cc1ccc(-c2ccc3c(Nc4ccccc4)c(C(N)=O)cnc3c2)cc1. The van der Waals surface area contributed by atoms with Crippen molar-refractivity contribution in [1.29, 1.82) is 0 Å². The molecule has 27 heavy (non-hydrogen) atoms. The van der Waals surface area contributed by atoms with E-state index < -0.39 is 5.91 Å². The van der Waals surface area contributed by atoms with Crippen molar-refractivity contribution in [3.05, 3.63) is 90.1 Å². The Bertz CT molecular complexity index is 1120. The highest BCUT2D eigenvalue weighted by atomic mass is 16.1. The molecule has 1 amide bonds. The standard InChI is InChI=1S/C23H19N3O/c1-15-7-9-16(10-8-15)17-11-12-19-21(13-17)25-14-20(23(24)27)22(19)26-18-5-3-2-4-6-18/h2-14H,1H3,(H2,24,27)(H,25,26). The molecule has 3 aromatic carbocycles. The van der Waals surface area contributed by atoms with Gasteiger partial charge in [0.2, 0.25) is 0 Å². The number of benzene rings is 3. The van der Waals surface area contributed by atoms with E-state index >= 15 is 0 Å². The number of rotatable bonds is 4. The number of hydrogen-bond acceptors (Lipinski definition) is 3. The first kappa shape index (κ1) is 16.8. The molecule has 0 aliphatic heterocycles. The summed E-state index contributed by atoms with van der Waals surface area (Å²) in [5.74, 6) is -0.509. The Labute approximate surface area is 157 Å². The smallest absolute Gasteiger partial charge is 0.252 e. The molecule has 132 valence electrons. The second-order valence-corrected chi connectivity index (χ2v) is 6.50. The topological polar surface area (TPSA) is 68.0 Å². The fraction of sp³-hybridized carbons (Fsp3) is 0.0435. The zero-order valence-electron chi connectivity index (χ0n) is 14.9. The van der Waals surface area contributed by atoms with E-state index in [4.69, 9.17) is 5.73 Å². The molecule has 4 heteroatoms. The van der Waals surface area contributed by atoms with Gasteiger partial charge in [-0.1, -0.05) is 60.2 Å². The number of primary amides is 1. The van der Waals surface area contributed by atoms with Crippen molar-refractivity contribution in [2.75, 3.05) is 5.32 Å². The van der Waals surface area contributed by atoms with E-state index in [0.717, 1.165) is 27.7 Å². The number of para-hydroxylation sites is 1. The Morgan fingerprint density at radius 1 is 0.926 bits per heavy atom. The predicted octanol–water partition coefficient (Wildman–Crippen LogP) is 5.05. The lowest BCUT2D eigenvalue weighted by molar-refractivity contribution is 0.100. The molecule has 0 saturated heterocycles. The monoisotopic (exact) mass is 353 g/mol. The van der Waals surface area contributed by atoms with Gasteiger partial charge in [0.25, 0.3) is 5.91 Å². The lowest BCUT2D eigenvalue weighted by Gasteiger charge is -2.14. The minimum Gasteiger partial charge on any atom is -0.365 e. The van der Waals surface area contributed by atoms with E-state index in [1.807, 2.05) is 48.5 Å². The lowest BCUT2D eigenvalue weighted by atomic mass is 10.0. The summed E-state index contributed by atoms with van der Waals surface area (Å²) < 4.78 is 0. The molecule has 1 heterocycles. The second kappa shape index (κ2) is 6.92. The molecule has 4 rings (SSSR count). The van der Waals surface area contributed by atoms with Gasteiger partial charge in [-0.15, -0.1) is 0 Å². The maximum atomic E-state index is 11.9. The van der Waals surface area contributed by atoms with E-state index in [-0.39, 0.29) is 0 Å². The molecule has 3 N–H and O–H groups in total. The van der Waals surface area contributed by atoms with Crippen molar-refractivity contribution in [2.45, 2.75) is 6.92 Å². The molecule has 0 spiro atoms. The number of pyridine rings is 1. The predicted molar refractivity (Wildman–Crippen MR) is 110 cm³/mol. The van der Waals surface area contributed by atoms with Crippen molar-refractivity contribution < 1.29 is 4.79 Å². The maximum Gasteiger partial charge on any atom is 0.252 e. The van der Waals surface area contributed by atoms with Crippen LogP contribution < -0.4 is 11.1 Å². The van der Waals surface area contributed by atoms with Crippen molar-refractivity contribution >= 4 is 28.2 Å². The fourth-order valence-electron chi connectivity index (χ4n) is 3.11. The van der Waals surface area contributed by atoms with E-state index in [9.17, 15) is 4.79 Å². The lowest BCUT2D eigenvalue weighted by Crippen LogP contribution is -2.14. The first-order chi connectivity index (χ1) is 13.1. The van der Waals surface area contributed by atoms with Gasteiger partial charge in [0.1, 0.15) is 0 Å². The first-order valence-electron chi connectivity index (χ1n) is 8.73. The highest BCUT2D eigenvalue weighted by Gasteiger charge is 2.14. The summed E-state index contributed by atoms with van der Waals surface area (Å²) in [5.41, 5.74) is 11.7. The minimum atomic E-state index is -0.509. The van der Waals surface area contributed by atoms with Crippen LogP contribution in [0.3, 0.4) is 0 Å². The van der Waals surface area contributed by atoms with Gasteiger partial charge in [0.05, 0.1) is 16.8 Å². The summed E-state index contributed by atoms with van der Waals surface area (Å²) in [6.07, 6.45) is 1.54. The molecule has 4 nitrogen and oxygen atoms in total. The van der Waals surface area contributed by atoms with Crippen LogP contribution in [0.2, 0.25) is 0 Å². The Morgan fingerprint density at radius 2 is 1.63 bits per heavy atom. The van der Waals surface area contributed by atoms with Gasteiger partial charge in [-0.05, 0) is 36.2 Å². The van der Waals surface area contributed by atoms with Crippen LogP contribution in [0.15, 0.2) is 79.0 Å². The maximum absolute atomic E-state index is 11.9. The number of hydrogen-bond donors (Lipinski definition) is 2. The Balaban J connectivity index is 1.85. The van der Waals surface area contributed by atoms with Crippen molar-refractivity contribution in [3.8, 4) is 11.1 Å². The van der Waals surface area contributed by atoms with E-state index in [1.54, 1.807) is 0 Å². The highest BCUT2D eigenvalue weighted by Crippen LogP contribution is 2.32. The second-order valence-electron chi connectivity index (χ2n) is 6.50. The van der Waals surface area contributed by atoms with E-state index in [2.05, 4.69) is 41.5 Å². The molecular weight excluding hydrogens is 334 g/mol. The number of carbonyl (C=O) groups excluding carboxylic acids is 1. The average molecular weight is 353 g/mol. The minimum absolute atomic E-state index is 0.370. The number of aryl methyl sites for hydroxylation is 1. The molecule has 4 aromatic rings. The first-order valence-corrected chi connectivity index (χ1v) is 8.73. The Hall–Kier alpha value is -3.66. The molecule has 1 aromatic heterocycles. The summed E-state index contributed by atoms with van der Waals surface area (Å²) in [6.45, 7) is 2.07. The van der Waals surface area contributed by atoms with Gasteiger partial charge in [0, 0.05) is 17.3 Å². The van der Waals surface area contributed by atoms with Gasteiger partial charge < -0.3 is 11.1 Å². The van der Waals surface area contributed by atoms with E-state index in [1.165, 1.54) is 11.8 Å². The summed E-state index contributed by atoms with van der Waals surface area (Å²) in [7, 11) is 0. The number of carbonyl (C=O) groups is 1. The fourth-order valence-corrected chi connectivity index (χ4v) is 3.11. The van der Waals surface area contributed by atoms with Crippen LogP contribution in [0, 0.1) is 6.92 Å². The molecule has 0 saturated carbocycles. The van der Waals surface area contributed by atoms with Crippen LogP contribution in [0.1, 0.15) is 15.9 Å². The van der Waals surface area contributed by atoms with Crippen LogP contribution in [-0.4, -0.2) is 10.9 Å². The Kier molecular flexibility index (Phi) is 4.30. The molecule has 0 bridgehead atoms. The van der Waals surface area contributed by atoms with E-state index in [0.29, 0.717) is 11.3 Å². The van der Waals surface area contributed by atoms with Gasteiger partial charge >= 0.3 is 0 Å². The largest absolute Gasteiger partial charge is 0.365 e. The molecule has 0 atom stereocenters. The molecule has 0 aliphatic carbocycles. The van der Waals surface area contributed by atoms with Gasteiger partial charge in [-0.2, -0.15) is 0 Å². The Morgan fingerprint density at radius 3 is 2.33 bits per heavy atom. The van der Waals surface area contributed by atoms with Crippen LogP contribution in [0.4, 0.5) is 11.4 Å². The summed E-state index contributed by atoms with van der Waals surface area (Å²) in [4.78, 5) is 16.4. The van der Waals surface area contributed by atoms with Gasteiger partial charge in [-0.3, -0.25) is 9.78 Å². The quantitative estimate of drug-likeness (QED) is 0.539. The third kappa shape index (κ3) is 3.37. The number of nitrogens with two attached hydrogens (primary N) is 1. The van der Waals surface area contributed by atoms with Crippen LogP contribution in [0.25, 0.3) is 22.0 Å². The third-order valence-electron chi connectivity index (χ3n) is 4.56. The van der Waals surface area contributed by atoms with Gasteiger partial charge in [0.15, 0.2) is 0 Å². The summed E-state index contributed by atoms with van der Waals surface area (Å²) in [5, 5.41) is 4.18. The van der Waals surface area contributed by atoms with Crippen LogP contribution in [0.5, 0.6) is 0 Å². The number of fused-ring (bicyclic) bond motifs is 1. The summed E-state index contributed by atoms with van der Waals surface area (Å²) >= 11 is 0. The van der Waals surface area contributed by atoms with Gasteiger partial charge in [-0.25, -0.2) is 0 Å². The van der Waals surface area contributed by atoms with Crippen molar-refractivity contribution in [3.63, 3.8) is 0 Å². The number of aromatic nitrogens is 1. The molecule has 0 fully saturated rings. The third-order valence-corrected chi connectivity index (χ3v) is 4.56. The average Bonchev–Trinajstić information content (AvgIpc) is 2.69. The normalized spacial score (nSPS) is 10.7. The molecule has 0 radical (unpaired) electrons. The van der Waals surface area contributed by atoms with Crippen molar-refractivity contribution in [1.82, 2.24) is 4.98 Å². The number of amides is 1. The molecule has 0 unspecified atom stereocenters. The summed E-state index contributed by atoms with van der Waals surface area (Å²) in [6, 6.07) is 24.1. The van der Waals surface area contributed by atoms with Crippen LogP contribution >= 0.6 is 0 Å². The zero-order valence-corrected chi connectivity index (χ0v) is 14.9. The molecular formula is C23H19N3O. The molecule has 0 aliphatic rings. The number of anilines is 2. The van der Waals surface area contributed by atoms with Crippen molar-refractivity contribution in [2.24, 2.45) is 5.73 Å². The highest BCUT2D eigenvalue weighted by molar-refractivity contribution is 6.08. The van der Waals surface area contributed by atoms with Crippen LogP contribution in [-0.2, 0) is 0 Å². The zero-order chi connectivity index (χ0) is 18.8. The number of nitrogens with one attached hydrogen (secondary N) is 1.